The Morgan fingerprint density at radius 1 is 1.44 bits per heavy atom. The van der Waals surface area contributed by atoms with Crippen LogP contribution in [0.5, 0.6) is 0 Å². The maximum atomic E-state index is 8.96. The highest BCUT2D eigenvalue weighted by Gasteiger charge is 2.03. The third-order valence-corrected chi connectivity index (χ3v) is 3.32. The molecule has 0 aliphatic rings. The molecule has 0 heterocycles. The van der Waals surface area contributed by atoms with Crippen molar-refractivity contribution in [2.45, 2.75) is 17.9 Å². The number of hydrogen-bond donors (Lipinski definition) is 2. The van der Waals surface area contributed by atoms with Gasteiger partial charge in [0.2, 0.25) is 0 Å². The maximum Gasteiger partial charge on any atom is 0.0555 e. The Morgan fingerprint density at radius 2 is 2.19 bits per heavy atom. The molecule has 0 aliphatic carbocycles. The molecule has 86 valence electrons. The Bertz CT molecular complexity index is 381. The lowest BCUT2D eigenvalue weighted by atomic mass is 10.1. The minimum atomic E-state index is 0.210. The number of nitrogens with two attached hydrogens (primary N) is 1. The molecule has 0 spiro atoms. The Hall–Kier alpha value is -0.950. The van der Waals surface area contributed by atoms with E-state index in [1.165, 1.54) is 5.56 Å². The van der Waals surface area contributed by atoms with Crippen LogP contribution >= 0.6 is 11.8 Å². The van der Waals surface area contributed by atoms with E-state index in [0.29, 0.717) is 6.54 Å². The Morgan fingerprint density at radius 3 is 2.88 bits per heavy atom. The van der Waals surface area contributed by atoms with Crippen LogP contribution in [0, 0.1) is 11.8 Å². The number of aliphatic hydroxyl groups excluding tert-OH is 1. The molecule has 0 saturated carbocycles. The summed E-state index contributed by atoms with van der Waals surface area (Å²) in [5.74, 6) is 6.80. The molecule has 1 aromatic carbocycles. The molecule has 1 unspecified atom stereocenters. The molecule has 1 aromatic rings. The number of rotatable bonds is 4. The van der Waals surface area contributed by atoms with E-state index in [4.69, 9.17) is 10.8 Å². The molecule has 0 aliphatic heterocycles. The van der Waals surface area contributed by atoms with Gasteiger partial charge in [-0.1, -0.05) is 37.0 Å². The van der Waals surface area contributed by atoms with E-state index in [-0.39, 0.29) is 11.9 Å². The molecular formula is C13H17NOS. The van der Waals surface area contributed by atoms with Crippen molar-refractivity contribution >= 4 is 11.8 Å². The first-order valence-corrected chi connectivity index (χ1v) is 6.32. The normalized spacial score (nSPS) is 11.7. The van der Waals surface area contributed by atoms with Crippen molar-refractivity contribution in [3.05, 3.63) is 35.4 Å². The molecule has 0 fully saturated rings. The summed E-state index contributed by atoms with van der Waals surface area (Å²) in [4.78, 5) is 0. The number of thioether (sulfide) groups is 1. The molecule has 0 amide bonds. The van der Waals surface area contributed by atoms with Gasteiger partial charge >= 0.3 is 0 Å². The highest BCUT2D eigenvalue weighted by Crippen LogP contribution is 2.19. The molecule has 0 bridgehead atoms. The van der Waals surface area contributed by atoms with Crippen LogP contribution in [-0.2, 0) is 5.75 Å². The summed E-state index contributed by atoms with van der Waals surface area (Å²) in [5, 5.41) is 9.22. The predicted molar refractivity (Wildman–Crippen MR) is 70.2 cm³/mol. The fourth-order valence-electron chi connectivity index (χ4n) is 1.20. The van der Waals surface area contributed by atoms with Crippen LogP contribution in [0.2, 0.25) is 0 Å². The minimum Gasteiger partial charge on any atom is -0.395 e. The second-order valence-electron chi connectivity index (χ2n) is 3.47. The Balaban J connectivity index is 2.71. The lowest BCUT2D eigenvalue weighted by Crippen LogP contribution is -2.02. The minimum absolute atomic E-state index is 0.210. The van der Waals surface area contributed by atoms with Crippen molar-refractivity contribution in [2.24, 2.45) is 5.73 Å². The van der Waals surface area contributed by atoms with Gasteiger partial charge in [0.05, 0.1) is 13.2 Å². The first-order chi connectivity index (χ1) is 7.77. The van der Waals surface area contributed by atoms with Gasteiger partial charge in [-0.05, 0) is 11.6 Å². The molecular weight excluding hydrogens is 218 g/mol. The lowest BCUT2D eigenvalue weighted by Gasteiger charge is -2.08. The quantitative estimate of drug-likeness (QED) is 0.779. The monoisotopic (exact) mass is 235 g/mol. The summed E-state index contributed by atoms with van der Waals surface area (Å²) >= 11 is 1.73. The van der Waals surface area contributed by atoms with E-state index in [1.807, 2.05) is 25.1 Å². The van der Waals surface area contributed by atoms with Crippen molar-refractivity contribution in [3.63, 3.8) is 0 Å². The summed E-state index contributed by atoms with van der Waals surface area (Å²) in [7, 11) is 0. The zero-order chi connectivity index (χ0) is 11.8. The van der Waals surface area contributed by atoms with Crippen LogP contribution in [0.4, 0.5) is 0 Å². The summed E-state index contributed by atoms with van der Waals surface area (Å²) in [6.45, 7) is 2.61. The fraction of sp³-hybridized carbons (Fsp3) is 0.385. The van der Waals surface area contributed by atoms with Crippen LogP contribution in [0.1, 0.15) is 18.1 Å². The van der Waals surface area contributed by atoms with Gasteiger partial charge in [0.1, 0.15) is 0 Å². The third kappa shape index (κ3) is 4.28. The smallest absolute Gasteiger partial charge is 0.0555 e. The highest BCUT2D eigenvalue weighted by atomic mass is 32.2. The van der Waals surface area contributed by atoms with Gasteiger partial charge in [0.15, 0.2) is 0 Å². The van der Waals surface area contributed by atoms with Crippen molar-refractivity contribution in [3.8, 4) is 11.8 Å². The zero-order valence-corrected chi connectivity index (χ0v) is 10.3. The molecule has 1 atom stereocenters. The van der Waals surface area contributed by atoms with E-state index in [1.54, 1.807) is 11.8 Å². The van der Waals surface area contributed by atoms with Gasteiger partial charge in [-0.3, -0.25) is 0 Å². The van der Waals surface area contributed by atoms with Crippen LogP contribution in [-0.4, -0.2) is 23.5 Å². The first-order valence-electron chi connectivity index (χ1n) is 5.27. The topological polar surface area (TPSA) is 46.2 Å². The van der Waals surface area contributed by atoms with E-state index in [9.17, 15) is 0 Å². The Kier molecular flexibility index (Phi) is 6.02. The van der Waals surface area contributed by atoms with Gasteiger partial charge in [-0.25, -0.2) is 0 Å². The number of benzene rings is 1. The maximum absolute atomic E-state index is 8.96. The average Bonchev–Trinajstić information content (AvgIpc) is 2.34. The standard InChI is InChI=1S/C13H17NOS/c1-11(9-15)16-10-13-6-3-2-5-12(13)7-4-8-14/h2-3,5-6,11,15H,8-10,14H2,1H3. The van der Waals surface area contributed by atoms with Gasteiger partial charge in [-0.2, -0.15) is 11.8 Å². The third-order valence-electron chi connectivity index (χ3n) is 2.12. The van der Waals surface area contributed by atoms with Crippen LogP contribution in [0.3, 0.4) is 0 Å². The van der Waals surface area contributed by atoms with Crippen molar-refractivity contribution in [2.75, 3.05) is 13.2 Å². The second-order valence-corrected chi connectivity index (χ2v) is 4.89. The van der Waals surface area contributed by atoms with Crippen molar-refractivity contribution in [1.29, 1.82) is 0 Å². The summed E-state index contributed by atoms with van der Waals surface area (Å²) in [5.41, 5.74) is 7.59. The van der Waals surface area contributed by atoms with E-state index >= 15 is 0 Å². The van der Waals surface area contributed by atoms with Gasteiger partial charge in [-0.15, -0.1) is 0 Å². The van der Waals surface area contributed by atoms with Crippen molar-refractivity contribution < 1.29 is 5.11 Å². The molecule has 0 radical (unpaired) electrons. The second kappa shape index (κ2) is 7.34. The largest absolute Gasteiger partial charge is 0.395 e. The zero-order valence-electron chi connectivity index (χ0n) is 9.44. The molecule has 1 rings (SSSR count). The molecule has 16 heavy (non-hydrogen) atoms. The van der Waals surface area contributed by atoms with Gasteiger partial charge < -0.3 is 10.8 Å². The SMILES string of the molecule is CC(CO)SCc1ccccc1C#CCN. The van der Waals surface area contributed by atoms with E-state index in [2.05, 4.69) is 17.9 Å². The molecule has 0 saturated heterocycles. The first kappa shape index (κ1) is 13.1. The average molecular weight is 235 g/mol. The van der Waals surface area contributed by atoms with Gasteiger partial charge in [0.25, 0.3) is 0 Å². The summed E-state index contributed by atoms with van der Waals surface area (Å²) < 4.78 is 0. The summed E-state index contributed by atoms with van der Waals surface area (Å²) in [6, 6.07) is 8.05. The van der Waals surface area contributed by atoms with Crippen LogP contribution in [0.25, 0.3) is 0 Å². The molecule has 3 heteroatoms. The number of aliphatic hydroxyl groups is 1. The molecule has 2 nitrogen and oxygen atoms in total. The van der Waals surface area contributed by atoms with E-state index < -0.39 is 0 Å². The highest BCUT2D eigenvalue weighted by molar-refractivity contribution is 7.99. The lowest BCUT2D eigenvalue weighted by molar-refractivity contribution is 0.300. The van der Waals surface area contributed by atoms with Crippen LogP contribution in [0.15, 0.2) is 24.3 Å². The van der Waals surface area contributed by atoms with Gasteiger partial charge in [0, 0.05) is 16.6 Å². The van der Waals surface area contributed by atoms with Crippen molar-refractivity contribution in [1.82, 2.24) is 0 Å². The molecule has 0 aromatic heterocycles. The fourth-order valence-corrected chi connectivity index (χ4v) is 2.02. The summed E-state index contributed by atoms with van der Waals surface area (Å²) in [6.07, 6.45) is 0. The number of hydrogen-bond acceptors (Lipinski definition) is 3. The predicted octanol–water partition coefficient (Wildman–Crippen LogP) is 1.61. The van der Waals surface area contributed by atoms with Crippen LogP contribution < -0.4 is 5.73 Å². The molecule has 3 N–H and O–H groups in total. The Labute approximate surface area is 101 Å². The van der Waals surface area contributed by atoms with E-state index in [0.717, 1.165) is 11.3 Å².